The predicted octanol–water partition coefficient (Wildman–Crippen LogP) is 3.05. The number of methoxy groups -OCH3 is 1. The maximum absolute atomic E-state index is 12.5. The number of nitrogens with zero attached hydrogens (tertiary/aromatic N) is 2. The van der Waals surface area contributed by atoms with Crippen molar-refractivity contribution in [2.45, 2.75) is 32.1 Å². The molecule has 0 atom stereocenters. The minimum absolute atomic E-state index is 0.121. The third-order valence-corrected chi connectivity index (χ3v) is 4.77. The van der Waals surface area contributed by atoms with Crippen molar-refractivity contribution >= 4 is 17.6 Å². The Morgan fingerprint density at radius 1 is 1.04 bits per heavy atom. The molecule has 1 aromatic heterocycles. The summed E-state index contributed by atoms with van der Waals surface area (Å²) in [7, 11) is 1.56. The first-order valence-corrected chi connectivity index (χ1v) is 9.22. The molecule has 1 fully saturated rings. The maximum Gasteiger partial charge on any atom is 0.273 e. The highest BCUT2D eigenvalue weighted by Crippen LogP contribution is 2.23. The summed E-state index contributed by atoms with van der Waals surface area (Å²) in [6.45, 7) is 0.626. The van der Waals surface area contributed by atoms with Gasteiger partial charge in [0.1, 0.15) is 5.75 Å². The van der Waals surface area contributed by atoms with Crippen molar-refractivity contribution in [1.29, 1.82) is 0 Å². The molecule has 0 spiro atoms. The number of ether oxygens (including phenoxy) is 1. The molecule has 7 nitrogen and oxygen atoms in total. The van der Waals surface area contributed by atoms with Crippen molar-refractivity contribution in [2.24, 2.45) is 5.92 Å². The summed E-state index contributed by atoms with van der Waals surface area (Å²) in [6.07, 6.45) is 8.88. The first-order valence-electron chi connectivity index (χ1n) is 9.22. The lowest BCUT2D eigenvalue weighted by Crippen LogP contribution is -2.32. The molecule has 27 heavy (non-hydrogen) atoms. The van der Waals surface area contributed by atoms with Crippen molar-refractivity contribution in [3.63, 3.8) is 0 Å². The summed E-state index contributed by atoms with van der Waals surface area (Å²) in [5.41, 5.74) is 0.560. The Morgan fingerprint density at radius 2 is 1.74 bits per heavy atom. The van der Waals surface area contributed by atoms with Crippen molar-refractivity contribution in [1.82, 2.24) is 15.3 Å². The van der Waals surface area contributed by atoms with E-state index in [1.165, 1.54) is 31.7 Å². The van der Waals surface area contributed by atoms with E-state index in [-0.39, 0.29) is 23.3 Å². The minimum atomic E-state index is -0.362. The van der Waals surface area contributed by atoms with Crippen LogP contribution in [0.1, 0.15) is 53.0 Å². The molecule has 1 aromatic carbocycles. The van der Waals surface area contributed by atoms with E-state index >= 15 is 0 Å². The molecule has 2 aromatic rings. The number of hydrogen-bond acceptors (Lipinski definition) is 5. The Hall–Kier alpha value is -2.96. The maximum atomic E-state index is 12.5. The van der Waals surface area contributed by atoms with E-state index in [1.54, 1.807) is 31.4 Å². The van der Waals surface area contributed by atoms with Crippen LogP contribution in [-0.2, 0) is 0 Å². The van der Waals surface area contributed by atoms with Crippen LogP contribution >= 0.6 is 0 Å². The average molecular weight is 368 g/mol. The molecule has 7 heteroatoms. The first-order chi connectivity index (χ1) is 13.2. The topological polar surface area (TPSA) is 93.2 Å². The molecule has 0 radical (unpaired) electrons. The number of nitrogens with one attached hydrogen (secondary N) is 2. The fourth-order valence-corrected chi connectivity index (χ4v) is 3.23. The van der Waals surface area contributed by atoms with Crippen LogP contribution in [0.4, 0.5) is 5.82 Å². The van der Waals surface area contributed by atoms with Gasteiger partial charge in [-0.3, -0.25) is 9.59 Å². The third-order valence-electron chi connectivity index (χ3n) is 4.77. The summed E-state index contributed by atoms with van der Waals surface area (Å²) in [5, 5.41) is 5.60. The van der Waals surface area contributed by atoms with Gasteiger partial charge in [-0.15, -0.1) is 0 Å². The van der Waals surface area contributed by atoms with Crippen molar-refractivity contribution in [2.75, 3.05) is 19.0 Å². The minimum Gasteiger partial charge on any atom is -0.497 e. The molecule has 0 bridgehead atoms. The lowest BCUT2D eigenvalue weighted by atomic mass is 9.89. The van der Waals surface area contributed by atoms with E-state index in [2.05, 4.69) is 20.6 Å². The molecule has 1 saturated carbocycles. The molecule has 2 N–H and O–H groups in total. The Bertz CT molecular complexity index is 786. The quantitative estimate of drug-likeness (QED) is 0.817. The normalized spacial score (nSPS) is 14.4. The zero-order valence-corrected chi connectivity index (χ0v) is 15.4. The number of aromatic nitrogens is 2. The molecule has 1 aliphatic carbocycles. The molecule has 142 valence electrons. The van der Waals surface area contributed by atoms with Crippen molar-refractivity contribution in [3.8, 4) is 5.75 Å². The Kier molecular flexibility index (Phi) is 6.35. The van der Waals surface area contributed by atoms with E-state index in [9.17, 15) is 9.59 Å². The molecule has 1 aliphatic rings. The van der Waals surface area contributed by atoms with Crippen LogP contribution in [0.5, 0.6) is 5.75 Å². The smallest absolute Gasteiger partial charge is 0.273 e. The first kappa shape index (κ1) is 18.8. The van der Waals surface area contributed by atoms with Gasteiger partial charge in [0.2, 0.25) is 0 Å². The fraction of sp³-hybridized carbons (Fsp3) is 0.400. The van der Waals surface area contributed by atoms with Gasteiger partial charge in [-0.25, -0.2) is 9.97 Å². The summed E-state index contributed by atoms with van der Waals surface area (Å²) in [4.78, 5) is 33.2. The van der Waals surface area contributed by atoms with Crippen LogP contribution in [0.25, 0.3) is 0 Å². The standard InChI is InChI=1S/C20H24N4O3/c1-27-16-9-7-15(8-10-16)19(25)24-18-17(21-11-12-22-18)20(26)23-13-14-5-3-2-4-6-14/h7-12,14H,2-6,13H2,1H3,(H,23,26)(H,22,24,25). The number of rotatable bonds is 6. The monoisotopic (exact) mass is 368 g/mol. The van der Waals surface area contributed by atoms with Gasteiger partial charge in [0, 0.05) is 24.5 Å². The Labute approximate surface area is 158 Å². The van der Waals surface area contributed by atoms with E-state index < -0.39 is 0 Å². The molecule has 1 heterocycles. The third kappa shape index (κ3) is 5.03. The van der Waals surface area contributed by atoms with E-state index in [4.69, 9.17) is 4.74 Å². The average Bonchev–Trinajstić information content (AvgIpc) is 2.73. The SMILES string of the molecule is COc1ccc(C(=O)Nc2nccnc2C(=O)NCC2CCCCC2)cc1. The van der Waals surface area contributed by atoms with Gasteiger partial charge < -0.3 is 15.4 Å². The van der Waals surface area contributed by atoms with Crippen molar-refractivity contribution < 1.29 is 14.3 Å². The van der Waals surface area contributed by atoms with Gasteiger partial charge in [-0.1, -0.05) is 19.3 Å². The van der Waals surface area contributed by atoms with Crippen LogP contribution < -0.4 is 15.4 Å². The second-order valence-corrected chi connectivity index (χ2v) is 6.65. The molecular formula is C20H24N4O3. The number of benzene rings is 1. The molecular weight excluding hydrogens is 344 g/mol. The van der Waals surface area contributed by atoms with Gasteiger partial charge in [-0.05, 0) is 43.0 Å². The fourth-order valence-electron chi connectivity index (χ4n) is 3.23. The van der Waals surface area contributed by atoms with E-state index in [1.807, 2.05) is 0 Å². The van der Waals surface area contributed by atoms with E-state index in [0.717, 1.165) is 12.8 Å². The number of carbonyl (C=O) groups is 2. The lowest BCUT2D eigenvalue weighted by Gasteiger charge is -2.21. The highest BCUT2D eigenvalue weighted by atomic mass is 16.5. The van der Waals surface area contributed by atoms with Crippen LogP contribution in [0.15, 0.2) is 36.7 Å². The predicted molar refractivity (Wildman–Crippen MR) is 102 cm³/mol. The van der Waals surface area contributed by atoms with E-state index in [0.29, 0.717) is 23.8 Å². The summed E-state index contributed by atoms with van der Waals surface area (Å²) in [5.74, 6) is 0.642. The van der Waals surface area contributed by atoms with Crippen LogP contribution in [0.2, 0.25) is 0 Å². The lowest BCUT2D eigenvalue weighted by molar-refractivity contribution is 0.0939. The van der Waals surface area contributed by atoms with Gasteiger partial charge in [0.05, 0.1) is 7.11 Å². The van der Waals surface area contributed by atoms with Gasteiger partial charge in [0.25, 0.3) is 11.8 Å². The van der Waals surface area contributed by atoms with Gasteiger partial charge in [-0.2, -0.15) is 0 Å². The van der Waals surface area contributed by atoms with Crippen LogP contribution in [-0.4, -0.2) is 35.4 Å². The molecule has 3 rings (SSSR count). The van der Waals surface area contributed by atoms with Gasteiger partial charge >= 0.3 is 0 Å². The van der Waals surface area contributed by atoms with Gasteiger partial charge in [0.15, 0.2) is 11.5 Å². The number of amides is 2. The largest absolute Gasteiger partial charge is 0.497 e. The number of carbonyl (C=O) groups excluding carboxylic acids is 2. The highest BCUT2D eigenvalue weighted by Gasteiger charge is 2.19. The molecule has 2 amide bonds. The Balaban J connectivity index is 1.65. The molecule has 0 aliphatic heterocycles. The second kappa shape index (κ2) is 9.12. The Morgan fingerprint density at radius 3 is 2.44 bits per heavy atom. The summed E-state index contributed by atoms with van der Waals surface area (Å²) in [6, 6.07) is 6.69. The zero-order chi connectivity index (χ0) is 19.1. The molecule has 0 unspecified atom stereocenters. The molecule has 0 saturated heterocycles. The summed E-state index contributed by atoms with van der Waals surface area (Å²) < 4.78 is 5.09. The highest BCUT2D eigenvalue weighted by molar-refractivity contribution is 6.07. The van der Waals surface area contributed by atoms with Crippen LogP contribution in [0.3, 0.4) is 0 Å². The number of anilines is 1. The van der Waals surface area contributed by atoms with Crippen LogP contribution in [0, 0.1) is 5.92 Å². The second-order valence-electron chi connectivity index (χ2n) is 6.65. The summed E-state index contributed by atoms with van der Waals surface area (Å²) >= 11 is 0. The number of hydrogen-bond donors (Lipinski definition) is 2. The zero-order valence-electron chi connectivity index (χ0n) is 15.4. The van der Waals surface area contributed by atoms with Crippen molar-refractivity contribution in [3.05, 3.63) is 47.9 Å².